The number of aliphatic hydroxyl groups is 1. The molecule has 0 fully saturated rings. The molecule has 2 bridgehead atoms. The molecule has 1 aliphatic rings. The zero-order chi connectivity index (χ0) is 18.8. The molecule has 0 aliphatic carbocycles. The molecule has 0 radical (unpaired) electrons. The summed E-state index contributed by atoms with van der Waals surface area (Å²) in [7, 11) is 0. The maximum Gasteiger partial charge on any atom is 0.224 e. The highest BCUT2D eigenvalue weighted by molar-refractivity contribution is 5.96. The van der Waals surface area contributed by atoms with Gasteiger partial charge in [-0.1, -0.05) is 6.07 Å². The number of hydrogen-bond donors (Lipinski definition) is 1. The Bertz CT molecular complexity index is 1000. The van der Waals surface area contributed by atoms with Crippen molar-refractivity contribution in [3.05, 3.63) is 54.1 Å². The zero-order valence-electron chi connectivity index (χ0n) is 14.7. The molecule has 1 N–H and O–H groups in total. The van der Waals surface area contributed by atoms with E-state index in [0.717, 1.165) is 12.8 Å². The Morgan fingerprint density at radius 1 is 1.26 bits per heavy atom. The van der Waals surface area contributed by atoms with E-state index >= 15 is 0 Å². The lowest BCUT2D eigenvalue weighted by Crippen LogP contribution is -2.11. The third-order valence-electron chi connectivity index (χ3n) is 4.44. The first-order valence-corrected chi connectivity index (χ1v) is 8.69. The van der Waals surface area contributed by atoms with Gasteiger partial charge in [0.05, 0.1) is 12.2 Å². The smallest absolute Gasteiger partial charge is 0.224 e. The van der Waals surface area contributed by atoms with Gasteiger partial charge >= 0.3 is 0 Å². The number of nitrogens with zero attached hydrogens (tertiary/aromatic N) is 5. The highest BCUT2D eigenvalue weighted by atomic mass is 19.1. The van der Waals surface area contributed by atoms with Gasteiger partial charge in [0.2, 0.25) is 5.90 Å². The lowest BCUT2D eigenvalue weighted by molar-refractivity contribution is 0.293. The van der Waals surface area contributed by atoms with Crippen LogP contribution in [0.5, 0.6) is 5.75 Å². The molecule has 1 atom stereocenters. The van der Waals surface area contributed by atoms with Crippen LogP contribution in [0.1, 0.15) is 31.4 Å². The van der Waals surface area contributed by atoms with Crippen molar-refractivity contribution in [2.45, 2.75) is 25.8 Å². The van der Waals surface area contributed by atoms with Crippen molar-refractivity contribution in [2.24, 2.45) is 4.99 Å². The molecule has 0 saturated carbocycles. The lowest BCUT2D eigenvalue weighted by atomic mass is 10.1. The minimum Gasteiger partial charge on any atom is -0.493 e. The largest absolute Gasteiger partial charge is 0.493 e. The molecule has 7 nitrogen and oxygen atoms in total. The van der Waals surface area contributed by atoms with Crippen LogP contribution in [0, 0.1) is 5.82 Å². The van der Waals surface area contributed by atoms with E-state index in [1.807, 2.05) is 10.6 Å². The number of halogens is 1. The van der Waals surface area contributed by atoms with Crippen LogP contribution < -0.4 is 4.74 Å². The van der Waals surface area contributed by atoms with Crippen molar-refractivity contribution in [2.75, 3.05) is 6.61 Å². The van der Waals surface area contributed by atoms with Crippen LogP contribution in [0.3, 0.4) is 0 Å². The van der Waals surface area contributed by atoms with Gasteiger partial charge in [-0.2, -0.15) is 4.99 Å². The van der Waals surface area contributed by atoms with Gasteiger partial charge < -0.3 is 14.4 Å². The topological polar surface area (TPSA) is 85.4 Å². The Kier molecular flexibility index (Phi) is 4.53. The summed E-state index contributed by atoms with van der Waals surface area (Å²) in [5, 5.41) is 18.6. The molecular formula is C19H18FN5O2. The fourth-order valence-electron chi connectivity index (χ4n) is 3.03. The van der Waals surface area contributed by atoms with E-state index in [0.29, 0.717) is 23.9 Å². The van der Waals surface area contributed by atoms with Crippen molar-refractivity contribution in [1.29, 1.82) is 0 Å². The van der Waals surface area contributed by atoms with Crippen molar-refractivity contribution in [1.82, 2.24) is 19.7 Å². The highest BCUT2D eigenvalue weighted by Crippen LogP contribution is 2.26. The number of aliphatic hydroxyl groups excluding tert-OH is 1. The number of benzene rings is 1. The Morgan fingerprint density at radius 2 is 2.15 bits per heavy atom. The van der Waals surface area contributed by atoms with Gasteiger partial charge in [-0.25, -0.2) is 9.37 Å². The zero-order valence-corrected chi connectivity index (χ0v) is 14.7. The Labute approximate surface area is 155 Å². The monoisotopic (exact) mass is 367 g/mol. The van der Waals surface area contributed by atoms with Crippen LogP contribution >= 0.6 is 0 Å². The van der Waals surface area contributed by atoms with E-state index in [1.165, 1.54) is 18.2 Å². The van der Waals surface area contributed by atoms with Crippen molar-refractivity contribution < 1.29 is 14.2 Å². The van der Waals surface area contributed by atoms with Crippen LogP contribution in [0.2, 0.25) is 0 Å². The van der Waals surface area contributed by atoms with Gasteiger partial charge in [-0.3, -0.25) is 0 Å². The van der Waals surface area contributed by atoms with Crippen LogP contribution in [-0.2, 0) is 0 Å². The van der Waals surface area contributed by atoms with E-state index < -0.39 is 5.82 Å². The van der Waals surface area contributed by atoms with Crippen molar-refractivity contribution >= 4 is 11.7 Å². The van der Waals surface area contributed by atoms with Gasteiger partial charge in [-0.15, -0.1) is 10.2 Å². The van der Waals surface area contributed by atoms with E-state index in [9.17, 15) is 9.50 Å². The molecule has 2 aromatic heterocycles. The molecule has 0 spiro atoms. The summed E-state index contributed by atoms with van der Waals surface area (Å²) >= 11 is 0. The van der Waals surface area contributed by atoms with E-state index in [-0.39, 0.29) is 23.3 Å². The van der Waals surface area contributed by atoms with Crippen LogP contribution in [0.25, 0.3) is 11.5 Å². The van der Waals surface area contributed by atoms with Gasteiger partial charge in [0.25, 0.3) is 0 Å². The first-order chi connectivity index (χ1) is 13.1. The molecule has 138 valence electrons. The van der Waals surface area contributed by atoms with Crippen molar-refractivity contribution in [3.63, 3.8) is 0 Å². The van der Waals surface area contributed by atoms with Crippen LogP contribution in [0.4, 0.5) is 10.2 Å². The Morgan fingerprint density at radius 3 is 3.04 bits per heavy atom. The highest BCUT2D eigenvalue weighted by Gasteiger charge is 2.17. The summed E-state index contributed by atoms with van der Waals surface area (Å²) in [5.74, 6) is 0.441. The minimum absolute atomic E-state index is 0.150. The molecule has 3 aromatic rings. The molecule has 0 amide bonds. The minimum atomic E-state index is -0.483. The lowest BCUT2D eigenvalue weighted by Gasteiger charge is -2.16. The maximum absolute atomic E-state index is 13.7. The average Bonchev–Trinajstić information content (AvgIpc) is 3.15. The molecule has 3 heterocycles. The van der Waals surface area contributed by atoms with E-state index in [2.05, 4.69) is 27.1 Å². The summed E-state index contributed by atoms with van der Waals surface area (Å²) in [6.07, 6.45) is 3.28. The quantitative estimate of drug-likeness (QED) is 0.652. The molecule has 27 heavy (non-hydrogen) atoms. The summed E-state index contributed by atoms with van der Waals surface area (Å²) < 4.78 is 21.4. The Balaban J connectivity index is 1.84. The molecule has 1 unspecified atom stereocenters. The second-order valence-electron chi connectivity index (χ2n) is 6.36. The summed E-state index contributed by atoms with van der Waals surface area (Å²) in [4.78, 5) is 8.58. The molecule has 4 rings (SSSR count). The van der Waals surface area contributed by atoms with Gasteiger partial charge in [0.1, 0.15) is 23.6 Å². The third-order valence-corrected chi connectivity index (χ3v) is 4.44. The summed E-state index contributed by atoms with van der Waals surface area (Å²) in [6, 6.07) is 9.36. The number of pyridine rings is 1. The fourth-order valence-corrected chi connectivity index (χ4v) is 3.03. The third kappa shape index (κ3) is 3.51. The number of hydrogen-bond acceptors (Lipinski definition) is 5. The maximum atomic E-state index is 13.7. The summed E-state index contributed by atoms with van der Waals surface area (Å²) in [5.41, 5.74) is 0.789. The molecule has 0 saturated heterocycles. The van der Waals surface area contributed by atoms with Gasteiger partial charge in [0, 0.05) is 6.04 Å². The molecule has 1 aromatic carbocycles. The predicted molar refractivity (Wildman–Crippen MR) is 97.9 cm³/mol. The predicted octanol–water partition coefficient (Wildman–Crippen LogP) is 3.85. The van der Waals surface area contributed by atoms with Gasteiger partial charge in [-0.05, 0) is 50.1 Å². The number of ether oxygens (including phenoxy) is 1. The SMILES string of the molecule is CC1CCCOc2ccc(F)cc2/C(O)=N/c2cccc(n2)-c2nncn21. The van der Waals surface area contributed by atoms with Crippen molar-refractivity contribution in [3.8, 4) is 17.3 Å². The molecule has 8 heteroatoms. The standard InChI is InChI=1S/C19H18FN5O2/c1-12-4-3-9-27-16-8-7-13(20)10-14(16)19(26)23-17-6-2-5-15(22-17)18-24-21-11-25(12)18/h2,5-8,10-12H,3-4,9H2,1H3,(H,22,23,26). The molecular weight excluding hydrogens is 349 g/mol. The van der Waals surface area contributed by atoms with Crippen LogP contribution in [-0.4, -0.2) is 37.4 Å². The molecule has 1 aliphatic heterocycles. The summed E-state index contributed by atoms with van der Waals surface area (Å²) in [6.45, 7) is 2.51. The van der Waals surface area contributed by atoms with E-state index in [1.54, 1.807) is 18.5 Å². The van der Waals surface area contributed by atoms with Gasteiger partial charge in [0.15, 0.2) is 11.6 Å². The second kappa shape index (κ2) is 7.14. The first-order valence-electron chi connectivity index (χ1n) is 8.69. The van der Waals surface area contributed by atoms with Crippen LogP contribution in [0.15, 0.2) is 47.7 Å². The second-order valence-corrected chi connectivity index (χ2v) is 6.36. The Hall–Kier alpha value is -3.29. The number of rotatable bonds is 0. The van der Waals surface area contributed by atoms with E-state index in [4.69, 9.17) is 4.74 Å². The fraction of sp³-hybridized carbons (Fsp3) is 0.263. The normalized spacial score (nSPS) is 19.0. The first kappa shape index (κ1) is 17.1. The number of fused-ring (bicyclic) bond motifs is 5. The number of aliphatic imine (C=N–C) groups is 1. The average molecular weight is 367 g/mol. The number of aromatic nitrogens is 4.